The Hall–Kier alpha value is -0.0122. The van der Waals surface area contributed by atoms with E-state index in [1.165, 1.54) is 5.56 Å². The summed E-state index contributed by atoms with van der Waals surface area (Å²) < 4.78 is 0. The Morgan fingerprint density at radius 2 is 1.45 bits per heavy atom. The van der Waals surface area contributed by atoms with Gasteiger partial charge in [-0.2, -0.15) is 35.4 Å². The normalized spacial score (nSPS) is 6.91. The summed E-state index contributed by atoms with van der Waals surface area (Å²) in [6.07, 6.45) is 1.80. The topological polar surface area (TPSA) is 34.1 Å². The van der Waals surface area contributed by atoms with Gasteiger partial charge in [0.05, 0.1) is 6.29 Å². The maximum absolute atomic E-state index is 10.0. The molecule has 0 saturated carbocycles. The molecule has 0 unspecified atom stereocenters. The second-order valence-corrected chi connectivity index (χ2v) is 3.52. The van der Waals surface area contributed by atoms with Gasteiger partial charge in [0.1, 0.15) is 0 Å². The zero-order valence-electron chi connectivity index (χ0n) is 13.7. The molecule has 0 heterocycles. The predicted molar refractivity (Wildman–Crippen MR) is 84.1 cm³/mol. The van der Waals surface area contributed by atoms with Gasteiger partial charge >= 0.3 is 0 Å². The molecule has 0 aromatic heterocycles. The Morgan fingerprint density at radius 3 is 1.73 bits per heavy atom. The number of carbonyl (C=O) groups excluding carboxylic acids is 2. The summed E-state index contributed by atoms with van der Waals surface area (Å²) in [7, 11) is 0. The summed E-state index contributed by atoms with van der Waals surface area (Å²) in [6.45, 7) is 11.2. The summed E-state index contributed by atoms with van der Waals surface area (Å²) >= 11 is 0. The van der Waals surface area contributed by atoms with Crippen molar-refractivity contribution in [3.05, 3.63) is 71.3 Å². The van der Waals surface area contributed by atoms with Crippen LogP contribution in [0, 0.1) is 19.9 Å². The van der Waals surface area contributed by atoms with E-state index in [4.69, 9.17) is 4.79 Å². The second-order valence-electron chi connectivity index (χ2n) is 3.52. The van der Waals surface area contributed by atoms with Crippen LogP contribution in [-0.4, -0.2) is 13.1 Å². The van der Waals surface area contributed by atoms with E-state index >= 15 is 0 Å². The van der Waals surface area contributed by atoms with Crippen molar-refractivity contribution in [3.63, 3.8) is 0 Å². The molecule has 0 fully saturated rings. The van der Waals surface area contributed by atoms with Gasteiger partial charge in [0.25, 0.3) is 0 Å². The van der Waals surface area contributed by atoms with Gasteiger partial charge in [-0.1, -0.05) is 56.7 Å². The van der Waals surface area contributed by atoms with Crippen molar-refractivity contribution >= 4 is 13.1 Å². The quantitative estimate of drug-likeness (QED) is 0.490. The van der Waals surface area contributed by atoms with Gasteiger partial charge in [-0.3, -0.25) is 6.79 Å². The van der Waals surface area contributed by atoms with Gasteiger partial charge in [-0.15, -0.1) is 0 Å². The molecule has 0 N–H and O–H groups in total. The van der Waals surface area contributed by atoms with Crippen molar-refractivity contribution in [3.8, 4) is 0 Å². The third-order valence-corrected chi connectivity index (χ3v) is 2.00. The zero-order chi connectivity index (χ0) is 15.8. The van der Waals surface area contributed by atoms with Gasteiger partial charge < -0.3 is 9.59 Å². The Labute approximate surface area is 185 Å². The minimum Gasteiger partial charge on any atom is -0.545 e. The Morgan fingerprint density at radius 1 is 0.955 bits per heavy atom. The monoisotopic (exact) mass is 447 g/mol. The molecule has 0 aliphatic carbocycles. The minimum atomic E-state index is 0. The van der Waals surface area contributed by atoms with Crippen molar-refractivity contribution in [2.45, 2.75) is 27.7 Å². The molecule has 0 aliphatic rings. The molecule has 2 nitrogen and oxygen atoms in total. The first-order chi connectivity index (χ1) is 9.72. The molecule has 0 bridgehead atoms. The van der Waals surface area contributed by atoms with E-state index in [0.717, 1.165) is 5.56 Å². The number of hydrogen-bond acceptors (Lipinski definition) is 2. The second kappa shape index (κ2) is 23.3. The largest absolute Gasteiger partial charge is 0.545 e. The first-order valence-electron chi connectivity index (χ1n) is 6.34. The van der Waals surface area contributed by atoms with E-state index in [2.05, 4.69) is 31.9 Å². The first-order valence-corrected chi connectivity index (χ1v) is 6.34. The van der Waals surface area contributed by atoms with Crippen molar-refractivity contribution in [1.29, 1.82) is 0 Å². The van der Waals surface area contributed by atoms with Gasteiger partial charge in [0, 0.05) is 65.4 Å². The molecule has 2 rings (SSSR count). The first kappa shape index (κ1) is 29.9. The molecule has 4 heteroatoms. The molecule has 0 atom stereocenters. The van der Waals surface area contributed by atoms with Crippen LogP contribution >= 0.6 is 0 Å². The van der Waals surface area contributed by atoms with E-state index in [1.54, 1.807) is 24.5 Å². The van der Waals surface area contributed by atoms with Crippen LogP contribution < -0.4 is 0 Å². The summed E-state index contributed by atoms with van der Waals surface area (Å²) in [5, 5.41) is 0. The van der Waals surface area contributed by atoms with E-state index in [1.807, 2.05) is 39.0 Å². The van der Waals surface area contributed by atoms with E-state index in [0.29, 0.717) is 5.56 Å². The van der Waals surface area contributed by atoms with Crippen molar-refractivity contribution in [1.82, 2.24) is 0 Å². The smallest absolute Gasteiger partial charge is 0.0626 e. The van der Waals surface area contributed by atoms with E-state index in [9.17, 15) is 4.79 Å². The fourth-order valence-corrected chi connectivity index (χ4v) is 1.18. The average molecular weight is 447 g/mol. The predicted octanol–water partition coefficient (Wildman–Crippen LogP) is 4.00. The maximum atomic E-state index is 10.0. The van der Waals surface area contributed by atoms with Crippen molar-refractivity contribution < 1.29 is 75.0 Å². The number of rotatable bonds is 1. The van der Waals surface area contributed by atoms with Gasteiger partial charge in [-0.05, 0) is 6.92 Å². The molecule has 0 aliphatic heterocycles. The molecule has 0 spiro atoms. The molecular formula is C18H21O2Y2-3. The molecule has 2 aromatic rings. The summed E-state index contributed by atoms with van der Waals surface area (Å²) in [6, 6.07) is 18.3. The Bertz CT molecular complexity index is 460. The van der Waals surface area contributed by atoms with E-state index in [-0.39, 0.29) is 65.4 Å². The van der Waals surface area contributed by atoms with Gasteiger partial charge in [0.2, 0.25) is 0 Å². The van der Waals surface area contributed by atoms with Crippen LogP contribution in [0.25, 0.3) is 0 Å². The van der Waals surface area contributed by atoms with Crippen LogP contribution in [0.1, 0.15) is 30.5 Å². The fourth-order valence-electron chi connectivity index (χ4n) is 1.18. The number of benzene rings is 2. The summed E-state index contributed by atoms with van der Waals surface area (Å²) in [5.74, 6) is 0. The van der Waals surface area contributed by atoms with Crippen LogP contribution in [0.5, 0.6) is 0 Å². The minimum absolute atomic E-state index is 0. The summed E-state index contributed by atoms with van der Waals surface area (Å²) in [5.41, 5.74) is 2.88. The fraction of sp³-hybridized carbons (Fsp3) is 0.222. The maximum Gasteiger partial charge on any atom is 0.0626 e. The zero-order valence-corrected chi connectivity index (χ0v) is 19.3. The van der Waals surface area contributed by atoms with Crippen LogP contribution in [0.2, 0.25) is 0 Å². The molecule has 2 aromatic carbocycles. The molecule has 0 amide bonds. The van der Waals surface area contributed by atoms with Crippen LogP contribution in [-0.2, 0) is 75.0 Å². The van der Waals surface area contributed by atoms with Gasteiger partial charge in [-0.25, -0.2) is 0 Å². The van der Waals surface area contributed by atoms with Crippen molar-refractivity contribution in [2.75, 3.05) is 0 Å². The van der Waals surface area contributed by atoms with Crippen LogP contribution in [0.4, 0.5) is 0 Å². The molecule has 22 heavy (non-hydrogen) atoms. The SMILES string of the molecule is CC.Cc1[c-]ccc([C-]=O)c1.Cc1ccccc1.[CH-]=O.[Y].[Y]. The molecular weight excluding hydrogens is 426 g/mol. The summed E-state index contributed by atoms with van der Waals surface area (Å²) in [4.78, 5) is 17.8. The van der Waals surface area contributed by atoms with Crippen molar-refractivity contribution in [2.24, 2.45) is 0 Å². The average Bonchev–Trinajstić information content (AvgIpc) is 2.52. The Kier molecular flexibility index (Phi) is 31.6. The Balaban J connectivity index is -0.000000113. The molecule has 2 radical (unpaired) electrons. The van der Waals surface area contributed by atoms with Gasteiger partial charge in [0.15, 0.2) is 0 Å². The third-order valence-electron chi connectivity index (χ3n) is 2.00. The molecule has 0 saturated heterocycles. The molecule has 114 valence electrons. The van der Waals surface area contributed by atoms with Crippen LogP contribution in [0.15, 0.2) is 48.5 Å². The number of hydrogen-bond donors (Lipinski definition) is 0. The number of aryl methyl sites for hydroxylation is 2. The van der Waals surface area contributed by atoms with E-state index < -0.39 is 0 Å². The van der Waals surface area contributed by atoms with Crippen LogP contribution in [0.3, 0.4) is 0 Å². The third kappa shape index (κ3) is 18.0. The standard InChI is InChI=1S/C8H6O.C7H8.C2H6.CHO.2Y/c1-7-3-2-4-8(5-7)6-9;1-7-5-3-2-4-6-7;2*1-2;;/h2,4-5H,1H3;2-6H,1H3;1-2H3;1H;;/q-2;;;-1;;.